The molecule has 0 aliphatic carbocycles. The Labute approximate surface area is 156 Å². The number of ether oxygens (including phenoxy) is 1. The fourth-order valence-electron chi connectivity index (χ4n) is 3.64. The van der Waals surface area contributed by atoms with Crippen molar-refractivity contribution >= 4 is 16.9 Å². The van der Waals surface area contributed by atoms with E-state index in [-0.39, 0.29) is 23.7 Å². The summed E-state index contributed by atoms with van der Waals surface area (Å²) in [4.78, 5) is 12.5. The van der Waals surface area contributed by atoms with E-state index in [0.717, 1.165) is 29.4 Å². The Morgan fingerprint density at radius 2 is 2.00 bits per heavy atom. The van der Waals surface area contributed by atoms with E-state index in [1.54, 1.807) is 16.8 Å². The van der Waals surface area contributed by atoms with Crippen LogP contribution in [0.25, 0.3) is 11.0 Å². The van der Waals surface area contributed by atoms with Gasteiger partial charge in [0.15, 0.2) is 0 Å². The molecule has 1 aliphatic heterocycles. The minimum atomic E-state index is -0.319. The quantitative estimate of drug-likeness (QED) is 0.751. The van der Waals surface area contributed by atoms with Crippen molar-refractivity contribution in [3.63, 3.8) is 0 Å². The Kier molecular flexibility index (Phi) is 4.85. The van der Waals surface area contributed by atoms with E-state index >= 15 is 0 Å². The average molecular weight is 368 g/mol. The molecular weight excluding hydrogens is 347 g/mol. The van der Waals surface area contributed by atoms with Crippen LogP contribution in [0.2, 0.25) is 0 Å². The Morgan fingerprint density at radius 3 is 2.81 bits per heavy atom. The second-order valence-electron chi connectivity index (χ2n) is 6.92. The predicted molar refractivity (Wildman–Crippen MR) is 98.7 cm³/mol. The van der Waals surface area contributed by atoms with E-state index < -0.39 is 0 Å². The van der Waals surface area contributed by atoms with Crippen LogP contribution in [0, 0.1) is 5.82 Å². The first-order chi connectivity index (χ1) is 13.2. The number of para-hydroxylation sites is 1. The Hall–Kier alpha value is -2.80. The second-order valence-corrected chi connectivity index (χ2v) is 6.92. The van der Waals surface area contributed by atoms with Crippen LogP contribution in [-0.2, 0) is 21.5 Å². The average Bonchev–Trinajstić information content (AvgIpc) is 3.10. The third kappa shape index (κ3) is 3.68. The molecule has 6 nitrogen and oxygen atoms in total. The number of nitrogens with zero attached hydrogens (tertiary/aromatic N) is 3. The highest BCUT2D eigenvalue weighted by Crippen LogP contribution is 2.34. The lowest BCUT2D eigenvalue weighted by Gasteiger charge is -2.38. The number of carbonyl (C=O) groups excluding carboxylic acids is 1. The molecule has 7 heteroatoms. The van der Waals surface area contributed by atoms with Crippen LogP contribution in [0.1, 0.15) is 18.4 Å². The number of halogens is 1. The molecule has 1 amide bonds. The zero-order valence-electron chi connectivity index (χ0n) is 14.9. The lowest BCUT2D eigenvalue weighted by molar-refractivity contribution is -0.122. The summed E-state index contributed by atoms with van der Waals surface area (Å²) in [6, 6.07) is 14.1. The highest BCUT2D eigenvalue weighted by molar-refractivity contribution is 5.79. The third-order valence-electron chi connectivity index (χ3n) is 5.22. The first-order valence-corrected chi connectivity index (χ1v) is 9.05. The minimum Gasteiger partial charge on any atom is -0.381 e. The first kappa shape index (κ1) is 17.6. The Morgan fingerprint density at radius 1 is 1.19 bits per heavy atom. The molecule has 4 rings (SSSR count). The zero-order chi connectivity index (χ0) is 18.7. The van der Waals surface area contributed by atoms with Gasteiger partial charge in [0.1, 0.15) is 17.9 Å². The monoisotopic (exact) mass is 368 g/mol. The van der Waals surface area contributed by atoms with E-state index in [0.29, 0.717) is 19.8 Å². The summed E-state index contributed by atoms with van der Waals surface area (Å²) in [6.45, 7) is 1.72. The van der Waals surface area contributed by atoms with Gasteiger partial charge in [-0.3, -0.25) is 4.79 Å². The molecule has 0 bridgehead atoms. The van der Waals surface area contributed by atoms with Gasteiger partial charge in [0.2, 0.25) is 5.91 Å². The molecule has 0 spiro atoms. The number of amides is 1. The van der Waals surface area contributed by atoms with Gasteiger partial charge in [-0.05, 0) is 42.7 Å². The number of hydrogen-bond acceptors (Lipinski definition) is 4. The molecule has 0 atom stereocenters. The van der Waals surface area contributed by atoms with Gasteiger partial charge in [0, 0.05) is 25.2 Å². The molecule has 0 saturated carbocycles. The van der Waals surface area contributed by atoms with Crippen molar-refractivity contribution in [3.05, 3.63) is 59.9 Å². The lowest BCUT2D eigenvalue weighted by atomic mass is 9.74. The van der Waals surface area contributed by atoms with Gasteiger partial charge in [0.05, 0.1) is 5.52 Å². The molecule has 27 heavy (non-hydrogen) atoms. The topological polar surface area (TPSA) is 69.0 Å². The molecule has 1 saturated heterocycles. The molecule has 3 aromatic rings. The Balaban J connectivity index is 1.48. The number of benzene rings is 2. The highest BCUT2D eigenvalue weighted by Gasteiger charge is 2.35. The van der Waals surface area contributed by atoms with Crippen molar-refractivity contribution in [1.82, 2.24) is 20.3 Å². The summed E-state index contributed by atoms with van der Waals surface area (Å²) in [5.74, 6) is -0.410. The third-order valence-corrected chi connectivity index (χ3v) is 5.22. The largest absolute Gasteiger partial charge is 0.381 e. The van der Waals surface area contributed by atoms with Gasteiger partial charge < -0.3 is 10.1 Å². The van der Waals surface area contributed by atoms with E-state index in [1.165, 1.54) is 6.07 Å². The summed E-state index contributed by atoms with van der Waals surface area (Å²) >= 11 is 0. The SMILES string of the molecule is O=C(Cn1nnc2ccccc21)NCC1(c2cccc(F)c2)CCOCC1. The second kappa shape index (κ2) is 7.44. The first-order valence-electron chi connectivity index (χ1n) is 9.05. The van der Waals surface area contributed by atoms with Crippen molar-refractivity contribution in [2.24, 2.45) is 0 Å². The summed E-state index contributed by atoms with van der Waals surface area (Å²) in [6.07, 6.45) is 1.48. The molecular formula is C20H21FN4O2. The number of nitrogens with one attached hydrogen (secondary N) is 1. The van der Waals surface area contributed by atoms with Gasteiger partial charge in [-0.15, -0.1) is 5.10 Å². The minimum absolute atomic E-state index is 0.0935. The Bertz CT molecular complexity index is 950. The number of hydrogen-bond donors (Lipinski definition) is 1. The maximum absolute atomic E-state index is 13.8. The summed E-state index contributed by atoms with van der Waals surface area (Å²) in [5.41, 5.74) is 2.15. The van der Waals surface area contributed by atoms with E-state index in [4.69, 9.17) is 4.74 Å². The van der Waals surface area contributed by atoms with Gasteiger partial charge >= 0.3 is 0 Å². The van der Waals surface area contributed by atoms with Crippen LogP contribution in [-0.4, -0.2) is 40.7 Å². The predicted octanol–water partition coefficient (Wildman–Crippen LogP) is 2.44. The molecule has 2 aromatic carbocycles. The number of rotatable bonds is 5. The number of fused-ring (bicyclic) bond motifs is 1. The van der Waals surface area contributed by atoms with Crippen molar-refractivity contribution in [3.8, 4) is 0 Å². The van der Waals surface area contributed by atoms with Crippen molar-refractivity contribution in [1.29, 1.82) is 0 Å². The van der Waals surface area contributed by atoms with Gasteiger partial charge in [-0.25, -0.2) is 9.07 Å². The fraction of sp³-hybridized carbons (Fsp3) is 0.350. The molecule has 1 fully saturated rings. The highest BCUT2D eigenvalue weighted by atomic mass is 19.1. The number of carbonyl (C=O) groups is 1. The zero-order valence-corrected chi connectivity index (χ0v) is 14.9. The fourth-order valence-corrected chi connectivity index (χ4v) is 3.64. The van der Waals surface area contributed by atoms with Crippen LogP contribution in [0.15, 0.2) is 48.5 Å². The van der Waals surface area contributed by atoms with Crippen LogP contribution < -0.4 is 5.32 Å². The molecule has 1 aliphatic rings. The summed E-state index contributed by atoms with van der Waals surface area (Å²) < 4.78 is 20.8. The van der Waals surface area contributed by atoms with E-state index in [1.807, 2.05) is 30.3 Å². The molecule has 1 aromatic heterocycles. The van der Waals surface area contributed by atoms with Crippen LogP contribution in [0.3, 0.4) is 0 Å². The van der Waals surface area contributed by atoms with Crippen LogP contribution in [0.4, 0.5) is 4.39 Å². The van der Waals surface area contributed by atoms with Crippen LogP contribution in [0.5, 0.6) is 0 Å². The van der Waals surface area contributed by atoms with E-state index in [9.17, 15) is 9.18 Å². The molecule has 2 heterocycles. The summed E-state index contributed by atoms with van der Waals surface area (Å²) in [5, 5.41) is 11.1. The van der Waals surface area contributed by atoms with Crippen molar-refractivity contribution < 1.29 is 13.9 Å². The number of aromatic nitrogens is 3. The standard InChI is InChI=1S/C20H21FN4O2/c21-16-5-3-4-15(12-16)20(8-10-27-11-9-20)14-22-19(26)13-25-18-7-2-1-6-17(18)23-24-25/h1-7,12H,8-11,13-14H2,(H,22,26). The molecule has 1 N–H and O–H groups in total. The molecule has 0 radical (unpaired) electrons. The molecule has 0 unspecified atom stereocenters. The normalized spacial score (nSPS) is 16.3. The van der Waals surface area contributed by atoms with Gasteiger partial charge in [-0.2, -0.15) is 0 Å². The van der Waals surface area contributed by atoms with Crippen LogP contribution >= 0.6 is 0 Å². The van der Waals surface area contributed by atoms with Gasteiger partial charge in [0.25, 0.3) is 0 Å². The van der Waals surface area contributed by atoms with Gasteiger partial charge in [-0.1, -0.05) is 29.5 Å². The maximum Gasteiger partial charge on any atom is 0.241 e. The van der Waals surface area contributed by atoms with E-state index in [2.05, 4.69) is 15.6 Å². The lowest BCUT2D eigenvalue weighted by Crippen LogP contribution is -2.45. The van der Waals surface area contributed by atoms with Crippen molar-refractivity contribution in [2.45, 2.75) is 24.8 Å². The smallest absolute Gasteiger partial charge is 0.241 e. The molecule has 140 valence electrons. The van der Waals surface area contributed by atoms with Crippen molar-refractivity contribution in [2.75, 3.05) is 19.8 Å². The maximum atomic E-state index is 13.8. The summed E-state index contributed by atoms with van der Waals surface area (Å²) in [7, 11) is 0.